The van der Waals surface area contributed by atoms with E-state index >= 15 is 0 Å². The molecule has 0 aliphatic carbocycles. The van der Waals surface area contributed by atoms with E-state index in [0.717, 1.165) is 39.1 Å². The third-order valence-corrected chi connectivity index (χ3v) is 4.55. The van der Waals surface area contributed by atoms with Crippen molar-refractivity contribution in [1.82, 2.24) is 9.97 Å². The van der Waals surface area contributed by atoms with Crippen LogP contribution in [0.3, 0.4) is 0 Å². The molecule has 1 aromatic heterocycles. The zero-order chi connectivity index (χ0) is 19.4. The Hall–Kier alpha value is -3.23. The quantitative estimate of drug-likeness (QED) is 0.435. The van der Waals surface area contributed by atoms with E-state index in [1.165, 1.54) is 0 Å². The van der Waals surface area contributed by atoms with Crippen molar-refractivity contribution < 1.29 is 0 Å². The van der Waals surface area contributed by atoms with E-state index in [1.807, 2.05) is 36.4 Å². The molecule has 2 aromatic carbocycles. The van der Waals surface area contributed by atoms with Crippen LogP contribution in [-0.4, -0.2) is 9.97 Å². The van der Waals surface area contributed by atoms with Gasteiger partial charge < -0.3 is 0 Å². The highest BCUT2D eigenvalue weighted by molar-refractivity contribution is 6.28. The minimum Gasteiger partial charge on any atom is -0.218 e. The van der Waals surface area contributed by atoms with Crippen LogP contribution < -0.4 is 0 Å². The van der Waals surface area contributed by atoms with Gasteiger partial charge in [0.25, 0.3) is 0 Å². The number of aromatic nitrogens is 2. The van der Waals surface area contributed by atoms with E-state index in [1.54, 1.807) is 12.2 Å². The van der Waals surface area contributed by atoms with Crippen molar-refractivity contribution in [2.24, 2.45) is 0 Å². The summed E-state index contributed by atoms with van der Waals surface area (Å²) in [7, 11) is 0. The molecule has 0 spiro atoms. The summed E-state index contributed by atoms with van der Waals surface area (Å²) in [5.74, 6) is 0. The first-order chi connectivity index (χ1) is 13.1. The van der Waals surface area contributed by atoms with E-state index in [4.69, 9.17) is 11.6 Å². The lowest BCUT2D eigenvalue weighted by Crippen LogP contribution is -1.97. The molecule has 3 heteroatoms. The average molecular weight is 371 g/mol. The Bertz CT molecular complexity index is 1050. The van der Waals surface area contributed by atoms with Crippen molar-refractivity contribution in [3.63, 3.8) is 0 Å². The van der Waals surface area contributed by atoms with Crippen molar-refractivity contribution in [3.05, 3.63) is 96.4 Å². The summed E-state index contributed by atoms with van der Waals surface area (Å²) < 4.78 is 0. The molecular formula is C24H19ClN2. The summed E-state index contributed by atoms with van der Waals surface area (Å²) in [5.41, 5.74) is 7.44. The standard InChI is InChI=1S/C24H19ClN2/c1-5-16-10-9-11-21(19(16)6-2)17-12-14-18(15-13-17)23-20(7-3)22(8-4)26-24(25)27-23/h5-15H,1-4H2. The van der Waals surface area contributed by atoms with E-state index < -0.39 is 0 Å². The van der Waals surface area contributed by atoms with E-state index in [0.29, 0.717) is 5.69 Å². The molecule has 0 bridgehead atoms. The van der Waals surface area contributed by atoms with Gasteiger partial charge in [-0.25, -0.2) is 9.97 Å². The van der Waals surface area contributed by atoms with Crippen molar-refractivity contribution in [2.45, 2.75) is 0 Å². The fourth-order valence-corrected chi connectivity index (χ4v) is 3.26. The molecule has 2 nitrogen and oxygen atoms in total. The van der Waals surface area contributed by atoms with Crippen LogP contribution in [0.5, 0.6) is 0 Å². The summed E-state index contributed by atoms with van der Waals surface area (Å²) in [6, 6.07) is 14.3. The molecule has 132 valence electrons. The summed E-state index contributed by atoms with van der Waals surface area (Å²) in [4.78, 5) is 8.59. The molecule has 3 rings (SSSR count). The van der Waals surface area contributed by atoms with Gasteiger partial charge in [0.15, 0.2) is 0 Å². The SMILES string of the molecule is C=Cc1cccc(-c2ccc(-c3nc(Cl)nc(C=C)c3C=C)cc2)c1C=C. The molecule has 1 heterocycles. The van der Waals surface area contributed by atoms with Gasteiger partial charge in [0.05, 0.1) is 11.4 Å². The lowest BCUT2D eigenvalue weighted by Gasteiger charge is -2.12. The molecule has 0 fully saturated rings. The predicted molar refractivity (Wildman–Crippen MR) is 118 cm³/mol. The molecule has 27 heavy (non-hydrogen) atoms. The number of hydrogen-bond donors (Lipinski definition) is 0. The highest BCUT2D eigenvalue weighted by Gasteiger charge is 2.12. The van der Waals surface area contributed by atoms with Gasteiger partial charge in [-0.1, -0.05) is 87.0 Å². The topological polar surface area (TPSA) is 25.8 Å². The molecule has 0 atom stereocenters. The fraction of sp³-hybridized carbons (Fsp3) is 0. The van der Waals surface area contributed by atoms with Crippen LogP contribution in [0.15, 0.2) is 68.8 Å². The number of halogens is 1. The van der Waals surface area contributed by atoms with Crippen molar-refractivity contribution in [3.8, 4) is 22.4 Å². The van der Waals surface area contributed by atoms with Gasteiger partial charge in [-0.2, -0.15) is 0 Å². The minimum atomic E-state index is 0.183. The van der Waals surface area contributed by atoms with E-state index in [2.05, 4.69) is 54.5 Å². The lowest BCUT2D eigenvalue weighted by molar-refractivity contribution is 1.15. The van der Waals surface area contributed by atoms with Gasteiger partial charge in [-0.05, 0) is 39.9 Å². The second kappa shape index (κ2) is 7.98. The van der Waals surface area contributed by atoms with Crippen LogP contribution in [0.4, 0.5) is 0 Å². The molecular weight excluding hydrogens is 352 g/mol. The van der Waals surface area contributed by atoms with Crippen LogP contribution >= 0.6 is 11.6 Å². The fourth-order valence-electron chi connectivity index (χ4n) is 3.08. The van der Waals surface area contributed by atoms with Crippen LogP contribution in [0.1, 0.15) is 22.4 Å². The number of benzene rings is 2. The van der Waals surface area contributed by atoms with Gasteiger partial charge in [0.1, 0.15) is 0 Å². The number of hydrogen-bond acceptors (Lipinski definition) is 2. The Morgan fingerprint density at radius 3 is 1.96 bits per heavy atom. The van der Waals surface area contributed by atoms with Gasteiger partial charge in [-0.3, -0.25) is 0 Å². The van der Waals surface area contributed by atoms with Crippen LogP contribution in [0.2, 0.25) is 5.28 Å². The lowest BCUT2D eigenvalue weighted by atomic mass is 9.94. The van der Waals surface area contributed by atoms with Crippen LogP contribution in [0, 0.1) is 0 Å². The van der Waals surface area contributed by atoms with Gasteiger partial charge in [0.2, 0.25) is 5.28 Å². The molecule has 0 aliphatic rings. The Balaban J connectivity index is 2.12. The minimum absolute atomic E-state index is 0.183. The Labute approximate surface area is 164 Å². The van der Waals surface area contributed by atoms with E-state index in [-0.39, 0.29) is 5.28 Å². The van der Waals surface area contributed by atoms with Crippen LogP contribution in [0.25, 0.3) is 46.7 Å². The van der Waals surface area contributed by atoms with Crippen molar-refractivity contribution in [1.29, 1.82) is 0 Å². The van der Waals surface area contributed by atoms with Crippen molar-refractivity contribution in [2.75, 3.05) is 0 Å². The highest BCUT2D eigenvalue weighted by Crippen LogP contribution is 2.32. The van der Waals surface area contributed by atoms with Crippen LogP contribution in [-0.2, 0) is 0 Å². The Morgan fingerprint density at radius 1 is 0.704 bits per heavy atom. The van der Waals surface area contributed by atoms with Gasteiger partial charge >= 0.3 is 0 Å². The van der Waals surface area contributed by atoms with Gasteiger partial charge in [-0.15, -0.1) is 0 Å². The zero-order valence-electron chi connectivity index (χ0n) is 15.0. The van der Waals surface area contributed by atoms with E-state index in [9.17, 15) is 0 Å². The largest absolute Gasteiger partial charge is 0.223 e. The maximum Gasteiger partial charge on any atom is 0.223 e. The monoisotopic (exact) mass is 370 g/mol. The summed E-state index contributed by atoms with van der Waals surface area (Å²) in [5, 5.41) is 0.183. The van der Waals surface area contributed by atoms with Gasteiger partial charge in [0, 0.05) is 11.1 Å². The molecule has 0 saturated heterocycles. The summed E-state index contributed by atoms with van der Waals surface area (Å²) >= 11 is 6.08. The molecule has 3 aromatic rings. The second-order valence-corrected chi connectivity index (χ2v) is 6.18. The first-order valence-electron chi connectivity index (χ1n) is 8.44. The molecule has 0 N–H and O–H groups in total. The highest BCUT2D eigenvalue weighted by atomic mass is 35.5. The molecule has 0 aliphatic heterocycles. The molecule has 0 radical (unpaired) electrons. The maximum atomic E-state index is 6.08. The molecule has 0 saturated carbocycles. The third-order valence-electron chi connectivity index (χ3n) is 4.38. The number of nitrogens with zero attached hydrogens (tertiary/aromatic N) is 2. The third kappa shape index (κ3) is 3.53. The first-order valence-corrected chi connectivity index (χ1v) is 8.81. The Morgan fingerprint density at radius 2 is 1.37 bits per heavy atom. The normalized spacial score (nSPS) is 10.3. The predicted octanol–water partition coefficient (Wildman–Crippen LogP) is 7.04. The van der Waals surface area contributed by atoms with Crippen molar-refractivity contribution >= 4 is 35.9 Å². The first kappa shape index (κ1) is 18.6. The zero-order valence-corrected chi connectivity index (χ0v) is 15.7. The molecule has 0 unspecified atom stereocenters. The maximum absolute atomic E-state index is 6.08. The summed E-state index contributed by atoms with van der Waals surface area (Å²) in [6.07, 6.45) is 7.07. The number of rotatable bonds is 6. The molecule has 0 amide bonds. The smallest absolute Gasteiger partial charge is 0.218 e. The average Bonchev–Trinajstić information content (AvgIpc) is 2.72. The Kier molecular flexibility index (Phi) is 5.49. The summed E-state index contributed by atoms with van der Waals surface area (Å²) in [6.45, 7) is 15.5. The second-order valence-electron chi connectivity index (χ2n) is 5.84.